The molecule has 1 aliphatic rings. The van der Waals surface area contributed by atoms with E-state index in [2.05, 4.69) is 40.9 Å². The highest BCUT2D eigenvalue weighted by Gasteiger charge is 2.47. The van der Waals surface area contributed by atoms with Gasteiger partial charge in [-0.15, -0.1) is 0 Å². The van der Waals surface area contributed by atoms with Gasteiger partial charge in [-0.25, -0.2) is 0 Å². The molecule has 0 aliphatic carbocycles. The van der Waals surface area contributed by atoms with E-state index in [1.54, 1.807) is 6.92 Å². The SMILES string of the molecule is C=C(C)C(=O)NC1(CC(=O)NC(C)(C)c2cc(C)cc(C)n2)CN(C(CC)CCC)C1. The average molecular weight is 429 g/mol. The molecular formula is C25H40N4O2. The molecule has 1 saturated heterocycles. The van der Waals surface area contributed by atoms with Crippen LogP contribution in [-0.2, 0) is 15.1 Å². The van der Waals surface area contributed by atoms with Crippen molar-refractivity contribution in [2.45, 2.75) is 91.3 Å². The molecule has 6 nitrogen and oxygen atoms in total. The number of aromatic nitrogens is 1. The van der Waals surface area contributed by atoms with Gasteiger partial charge in [0.15, 0.2) is 0 Å². The number of amides is 2. The molecule has 0 radical (unpaired) electrons. The zero-order valence-electron chi connectivity index (χ0n) is 20.4. The molecule has 1 aromatic heterocycles. The van der Waals surface area contributed by atoms with Crippen LogP contribution in [0.5, 0.6) is 0 Å². The summed E-state index contributed by atoms with van der Waals surface area (Å²) in [5, 5.41) is 6.24. The minimum atomic E-state index is -0.606. The van der Waals surface area contributed by atoms with Crippen LogP contribution >= 0.6 is 0 Å². The molecule has 1 aliphatic heterocycles. The molecule has 1 aromatic rings. The van der Waals surface area contributed by atoms with Crippen molar-refractivity contribution in [3.05, 3.63) is 41.2 Å². The van der Waals surface area contributed by atoms with Gasteiger partial charge in [-0.2, -0.15) is 0 Å². The van der Waals surface area contributed by atoms with Gasteiger partial charge in [-0.3, -0.25) is 19.5 Å². The lowest BCUT2D eigenvalue weighted by Gasteiger charge is -2.53. The van der Waals surface area contributed by atoms with Crippen LogP contribution in [0.3, 0.4) is 0 Å². The third kappa shape index (κ3) is 6.39. The lowest BCUT2D eigenvalue weighted by Crippen LogP contribution is -2.73. The summed E-state index contributed by atoms with van der Waals surface area (Å²) >= 11 is 0. The van der Waals surface area contributed by atoms with Crippen molar-refractivity contribution in [2.75, 3.05) is 13.1 Å². The molecule has 2 N–H and O–H groups in total. The Bertz CT molecular complexity index is 805. The summed E-state index contributed by atoms with van der Waals surface area (Å²) in [6.45, 7) is 19.1. The smallest absolute Gasteiger partial charge is 0.246 e. The van der Waals surface area contributed by atoms with Gasteiger partial charge in [0.05, 0.1) is 23.2 Å². The fourth-order valence-electron chi connectivity index (χ4n) is 4.48. The van der Waals surface area contributed by atoms with Gasteiger partial charge in [0.1, 0.15) is 0 Å². The third-order valence-corrected chi connectivity index (χ3v) is 6.08. The fourth-order valence-corrected chi connectivity index (χ4v) is 4.48. The van der Waals surface area contributed by atoms with E-state index in [9.17, 15) is 9.59 Å². The molecule has 0 saturated carbocycles. The molecule has 0 bridgehead atoms. The maximum atomic E-state index is 13.1. The molecule has 1 atom stereocenters. The molecule has 1 fully saturated rings. The fraction of sp³-hybridized carbons (Fsp3) is 0.640. The summed E-state index contributed by atoms with van der Waals surface area (Å²) in [5.41, 5.74) is 2.17. The van der Waals surface area contributed by atoms with Gasteiger partial charge in [0.25, 0.3) is 0 Å². The number of aryl methyl sites for hydroxylation is 2. The van der Waals surface area contributed by atoms with Crippen LogP contribution in [0.25, 0.3) is 0 Å². The Morgan fingerprint density at radius 3 is 2.42 bits per heavy atom. The quantitative estimate of drug-likeness (QED) is 0.557. The number of hydrogen-bond donors (Lipinski definition) is 2. The highest BCUT2D eigenvalue weighted by Crippen LogP contribution is 2.30. The third-order valence-electron chi connectivity index (χ3n) is 6.08. The standard InChI is InChI=1S/C25H40N4O2/c1-9-11-20(10-2)29-15-25(16-29,28-23(31)17(3)4)14-22(30)27-24(7,8)21-13-18(5)12-19(6)26-21/h12-13,20H,3,9-11,14-16H2,1-2,4-8H3,(H,27,30)(H,28,31). The molecule has 2 amide bonds. The zero-order valence-corrected chi connectivity index (χ0v) is 20.4. The molecule has 2 rings (SSSR count). The number of rotatable bonds is 10. The van der Waals surface area contributed by atoms with E-state index >= 15 is 0 Å². The molecule has 172 valence electrons. The molecule has 31 heavy (non-hydrogen) atoms. The first kappa shape index (κ1) is 25.1. The normalized spacial score (nSPS) is 16.9. The van der Waals surface area contributed by atoms with Crippen molar-refractivity contribution in [3.63, 3.8) is 0 Å². The highest BCUT2D eigenvalue weighted by atomic mass is 16.2. The number of carbonyl (C=O) groups is 2. The molecule has 0 spiro atoms. The van der Waals surface area contributed by atoms with E-state index < -0.39 is 11.1 Å². The largest absolute Gasteiger partial charge is 0.346 e. The van der Waals surface area contributed by atoms with Crippen molar-refractivity contribution < 1.29 is 9.59 Å². The first-order valence-electron chi connectivity index (χ1n) is 11.4. The first-order chi connectivity index (χ1) is 14.4. The van der Waals surface area contributed by atoms with Gasteiger partial charge in [-0.05, 0) is 65.2 Å². The van der Waals surface area contributed by atoms with Crippen LogP contribution in [0.4, 0.5) is 0 Å². The Morgan fingerprint density at radius 1 is 1.26 bits per heavy atom. The zero-order chi connectivity index (χ0) is 23.4. The van der Waals surface area contributed by atoms with E-state index in [4.69, 9.17) is 0 Å². The molecule has 6 heteroatoms. The minimum absolute atomic E-state index is 0.0869. The maximum Gasteiger partial charge on any atom is 0.246 e. The van der Waals surface area contributed by atoms with Crippen molar-refractivity contribution >= 4 is 11.8 Å². The summed E-state index contributed by atoms with van der Waals surface area (Å²) in [7, 11) is 0. The van der Waals surface area contributed by atoms with Crippen molar-refractivity contribution in [1.29, 1.82) is 0 Å². The average Bonchev–Trinajstić information content (AvgIpc) is 2.62. The van der Waals surface area contributed by atoms with Crippen LogP contribution in [0.2, 0.25) is 0 Å². The second kappa shape index (κ2) is 9.94. The number of carbonyl (C=O) groups excluding carboxylic acids is 2. The summed E-state index contributed by atoms with van der Waals surface area (Å²) in [5.74, 6) is -0.276. The van der Waals surface area contributed by atoms with Gasteiger partial charge >= 0.3 is 0 Å². The van der Waals surface area contributed by atoms with E-state index in [0.717, 1.165) is 36.2 Å². The van der Waals surface area contributed by atoms with E-state index in [-0.39, 0.29) is 18.2 Å². The predicted molar refractivity (Wildman–Crippen MR) is 126 cm³/mol. The monoisotopic (exact) mass is 428 g/mol. The van der Waals surface area contributed by atoms with Crippen molar-refractivity contribution in [3.8, 4) is 0 Å². The predicted octanol–water partition coefficient (Wildman–Crippen LogP) is 3.77. The molecular weight excluding hydrogens is 388 g/mol. The second-order valence-corrected chi connectivity index (χ2v) is 9.79. The van der Waals surface area contributed by atoms with Crippen LogP contribution < -0.4 is 10.6 Å². The Labute approximate surface area is 187 Å². The highest BCUT2D eigenvalue weighted by molar-refractivity contribution is 5.93. The number of likely N-dealkylation sites (tertiary alicyclic amines) is 1. The lowest BCUT2D eigenvalue weighted by molar-refractivity contribution is -0.130. The minimum Gasteiger partial charge on any atom is -0.346 e. The first-order valence-corrected chi connectivity index (χ1v) is 11.4. The second-order valence-electron chi connectivity index (χ2n) is 9.79. The lowest BCUT2D eigenvalue weighted by atomic mass is 9.82. The summed E-state index contributed by atoms with van der Waals surface area (Å²) in [4.78, 5) is 32.5. The van der Waals surface area contributed by atoms with Crippen LogP contribution in [-0.4, -0.2) is 46.4 Å². The van der Waals surface area contributed by atoms with E-state index in [1.807, 2.05) is 39.8 Å². The van der Waals surface area contributed by atoms with Crippen LogP contribution in [0.1, 0.15) is 77.3 Å². The van der Waals surface area contributed by atoms with Crippen LogP contribution in [0.15, 0.2) is 24.3 Å². The Hall–Kier alpha value is -2.21. The van der Waals surface area contributed by atoms with Gasteiger partial charge in [0, 0.05) is 30.4 Å². The van der Waals surface area contributed by atoms with Gasteiger partial charge in [0.2, 0.25) is 11.8 Å². The maximum absolute atomic E-state index is 13.1. The number of pyridine rings is 1. The number of nitrogens with zero attached hydrogens (tertiary/aromatic N) is 2. The van der Waals surface area contributed by atoms with Gasteiger partial charge in [-0.1, -0.05) is 26.8 Å². The summed E-state index contributed by atoms with van der Waals surface area (Å²) < 4.78 is 0. The topological polar surface area (TPSA) is 74.3 Å². The Balaban J connectivity index is 2.14. The summed E-state index contributed by atoms with van der Waals surface area (Å²) in [6, 6.07) is 4.51. The Kier molecular flexibility index (Phi) is 8.04. The summed E-state index contributed by atoms with van der Waals surface area (Å²) in [6.07, 6.45) is 3.55. The molecule has 1 unspecified atom stereocenters. The van der Waals surface area contributed by atoms with Crippen molar-refractivity contribution in [2.24, 2.45) is 0 Å². The number of nitrogens with one attached hydrogen (secondary N) is 2. The number of hydrogen-bond acceptors (Lipinski definition) is 4. The molecule has 0 aromatic carbocycles. The van der Waals surface area contributed by atoms with Crippen molar-refractivity contribution in [1.82, 2.24) is 20.5 Å². The van der Waals surface area contributed by atoms with E-state index in [1.165, 1.54) is 0 Å². The van der Waals surface area contributed by atoms with Crippen LogP contribution in [0, 0.1) is 13.8 Å². The van der Waals surface area contributed by atoms with E-state index in [0.29, 0.717) is 24.7 Å². The van der Waals surface area contributed by atoms with Gasteiger partial charge < -0.3 is 10.6 Å². The Morgan fingerprint density at radius 2 is 1.90 bits per heavy atom. The molecule has 2 heterocycles.